The lowest BCUT2D eigenvalue weighted by Crippen LogP contribution is -2.29. The van der Waals surface area contributed by atoms with Crippen LogP contribution in [0, 0.1) is 18.8 Å². The quantitative estimate of drug-likeness (QED) is 0.851. The van der Waals surface area contributed by atoms with E-state index in [1.165, 1.54) is 32.1 Å². The molecule has 0 saturated heterocycles. The van der Waals surface area contributed by atoms with E-state index in [0.717, 1.165) is 23.4 Å². The molecule has 0 amide bonds. The maximum Gasteiger partial charge on any atom is 0.121 e. The Labute approximate surface area is 105 Å². The molecule has 1 aliphatic carbocycles. The highest BCUT2D eigenvalue weighted by molar-refractivity contribution is 5.11. The molecule has 1 saturated carbocycles. The predicted molar refractivity (Wildman–Crippen MR) is 71.0 cm³/mol. The van der Waals surface area contributed by atoms with Crippen LogP contribution in [0.25, 0.3) is 0 Å². The first-order chi connectivity index (χ1) is 8.24. The molecule has 96 valence electrons. The minimum Gasteiger partial charge on any atom is -0.465 e. The SMILES string of the molecule is CCC1CCCC(C(NC)c2ccc(C)o2)C1. The van der Waals surface area contributed by atoms with Crippen LogP contribution in [0.3, 0.4) is 0 Å². The van der Waals surface area contributed by atoms with Gasteiger partial charge in [-0.3, -0.25) is 0 Å². The van der Waals surface area contributed by atoms with Gasteiger partial charge in [-0.15, -0.1) is 0 Å². The molecule has 0 aliphatic heterocycles. The van der Waals surface area contributed by atoms with E-state index in [4.69, 9.17) is 4.42 Å². The van der Waals surface area contributed by atoms with Crippen molar-refractivity contribution in [3.63, 3.8) is 0 Å². The summed E-state index contributed by atoms with van der Waals surface area (Å²) in [5.74, 6) is 3.79. The number of hydrogen-bond donors (Lipinski definition) is 1. The van der Waals surface area contributed by atoms with Gasteiger partial charge in [-0.2, -0.15) is 0 Å². The van der Waals surface area contributed by atoms with Crippen molar-refractivity contribution in [2.45, 2.75) is 52.0 Å². The van der Waals surface area contributed by atoms with Gasteiger partial charge in [-0.1, -0.05) is 26.2 Å². The van der Waals surface area contributed by atoms with Crippen LogP contribution in [-0.4, -0.2) is 7.05 Å². The molecule has 0 aromatic carbocycles. The third-order valence-corrected chi connectivity index (χ3v) is 4.25. The van der Waals surface area contributed by atoms with E-state index >= 15 is 0 Å². The van der Waals surface area contributed by atoms with Crippen LogP contribution in [-0.2, 0) is 0 Å². The van der Waals surface area contributed by atoms with Crippen LogP contribution in [0.1, 0.15) is 56.6 Å². The number of rotatable bonds is 4. The van der Waals surface area contributed by atoms with Crippen LogP contribution in [0.5, 0.6) is 0 Å². The van der Waals surface area contributed by atoms with E-state index < -0.39 is 0 Å². The van der Waals surface area contributed by atoms with E-state index in [1.54, 1.807) is 0 Å². The van der Waals surface area contributed by atoms with Gasteiger partial charge in [-0.05, 0) is 50.8 Å². The number of aryl methyl sites for hydroxylation is 1. The Morgan fingerprint density at radius 3 is 2.82 bits per heavy atom. The molecular formula is C15H25NO. The summed E-state index contributed by atoms with van der Waals surface area (Å²) in [7, 11) is 2.05. The predicted octanol–water partition coefficient (Wildman–Crippen LogP) is 4.06. The third kappa shape index (κ3) is 2.92. The van der Waals surface area contributed by atoms with Crippen LogP contribution in [0.15, 0.2) is 16.5 Å². The fourth-order valence-electron chi connectivity index (χ4n) is 3.24. The summed E-state index contributed by atoms with van der Waals surface area (Å²) in [5.41, 5.74) is 0. The van der Waals surface area contributed by atoms with Gasteiger partial charge in [0.25, 0.3) is 0 Å². The zero-order chi connectivity index (χ0) is 12.3. The molecule has 0 radical (unpaired) electrons. The van der Waals surface area contributed by atoms with Crippen LogP contribution < -0.4 is 5.32 Å². The minimum absolute atomic E-state index is 0.401. The summed E-state index contributed by atoms with van der Waals surface area (Å²) in [6.07, 6.45) is 6.80. The second-order valence-electron chi connectivity index (χ2n) is 5.42. The molecule has 0 bridgehead atoms. The first kappa shape index (κ1) is 12.7. The first-order valence-corrected chi connectivity index (χ1v) is 6.98. The summed E-state index contributed by atoms with van der Waals surface area (Å²) in [4.78, 5) is 0. The van der Waals surface area contributed by atoms with Crippen LogP contribution in [0.4, 0.5) is 0 Å². The van der Waals surface area contributed by atoms with Gasteiger partial charge in [0.05, 0.1) is 6.04 Å². The molecule has 2 rings (SSSR count). The molecule has 1 N–H and O–H groups in total. The van der Waals surface area contributed by atoms with Gasteiger partial charge in [0, 0.05) is 0 Å². The molecule has 3 atom stereocenters. The number of nitrogens with one attached hydrogen (secondary N) is 1. The Morgan fingerprint density at radius 2 is 2.24 bits per heavy atom. The molecule has 0 spiro atoms. The molecule has 3 unspecified atom stereocenters. The summed E-state index contributed by atoms with van der Waals surface area (Å²) in [6, 6.07) is 4.60. The lowest BCUT2D eigenvalue weighted by atomic mass is 9.76. The molecular weight excluding hydrogens is 210 g/mol. The Balaban J connectivity index is 2.07. The average Bonchev–Trinajstić information content (AvgIpc) is 2.77. The van der Waals surface area contributed by atoms with Crippen molar-refractivity contribution in [1.82, 2.24) is 5.32 Å². The van der Waals surface area contributed by atoms with Gasteiger partial charge in [0.15, 0.2) is 0 Å². The highest BCUT2D eigenvalue weighted by Crippen LogP contribution is 2.38. The first-order valence-electron chi connectivity index (χ1n) is 6.98. The molecule has 2 heteroatoms. The van der Waals surface area contributed by atoms with Crippen molar-refractivity contribution in [1.29, 1.82) is 0 Å². The fraction of sp³-hybridized carbons (Fsp3) is 0.733. The van der Waals surface area contributed by atoms with Crippen molar-refractivity contribution < 1.29 is 4.42 Å². The van der Waals surface area contributed by atoms with E-state index in [1.807, 2.05) is 6.92 Å². The Morgan fingerprint density at radius 1 is 1.41 bits per heavy atom. The van der Waals surface area contributed by atoms with Crippen molar-refractivity contribution >= 4 is 0 Å². The standard InChI is InChI=1S/C15H25NO/c1-4-12-6-5-7-13(10-12)15(16-3)14-9-8-11(2)17-14/h8-9,12-13,15-16H,4-7,10H2,1-3H3. The largest absolute Gasteiger partial charge is 0.465 e. The summed E-state index contributed by atoms with van der Waals surface area (Å²) in [5, 5.41) is 3.45. The van der Waals surface area contributed by atoms with Gasteiger partial charge < -0.3 is 9.73 Å². The molecule has 2 nitrogen and oxygen atoms in total. The summed E-state index contributed by atoms with van der Waals surface area (Å²) in [6.45, 7) is 4.34. The van der Waals surface area contributed by atoms with E-state index in [0.29, 0.717) is 6.04 Å². The van der Waals surface area contributed by atoms with Crippen LogP contribution >= 0.6 is 0 Å². The van der Waals surface area contributed by atoms with Gasteiger partial charge >= 0.3 is 0 Å². The second kappa shape index (κ2) is 5.72. The zero-order valence-electron chi connectivity index (χ0n) is 11.3. The number of furan rings is 1. The fourth-order valence-corrected chi connectivity index (χ4v) is 3.24. The van der Waals surface area contributed by atoms with E-state index in [-0.39, 0.29) is 0 Å². The summed E-state index contributed by atoms with van der Waals surface area (Å²) < 4.78 is 5.80. The highest BCUT2D eigenvalue weighted by atomic mass is 16.3. The topological polar surface area (TPSA) is 25.2 Å². The Kier molecular flexibility index (Phi) is 4.27. The highest BCUT2D eigenvalue weighted by Gasteiger charge is 2.29. The second-order valence-corrected chi connectivity index (χ2v) is 5.42. The van der Waals surface area contributed by atoms with E-state index in [9.17, 15) is 0 Å². The third-order valence-electron chi connectivity index (χ3n) is 4.25. The molecule has 17 heavy (non-hydrogen) atoms. The molecule has 1 aromatic rings. The van der Waals surface area contributed by atoms with Gasteiger partial charge in [0.1, 0.15) is 11.5 Å². The van der Waals surface area contributed by atoms with E-state index in [2.05, 4.69) is 31.4 Å². The van der Waals surface area contributed by atoms with Crippen LogP contribution in [0.2, 0.25) is 0 Å². The maximum atomic E-state index is 5.80. The van der Waals surface area contributed by atoms with Crippen molar-refractivity contribution in [3.8, 4) is 0 Å². The normalized spacial score (nSPS) is 27.0. The Hall–Kier alpha value is -0.760. The Bertz CT molecular complexity index is 344. The maximum absolute atomic E-state index is 5.80. The average molecular weight is 235 g/mol. The van der Waals surface area contributed by atoms with Crippen molar-refractivity contribution in [2.75, 3.05) is 7.05 Å². The number of hydrogen-bond acceptors (Lipinski definition) is 2. The molecule has 1 fully saturated rings. The zero-order valence-corrected chi connectivity index (χ0v) is 11.3. The van der Waals surface area contributed by atoms with Crippen molar-refractivity contribution in [3.05, 3.63) is 23.7 Å². The monoisotopic (exact) mass is 235 g/mol. The van der Waals surface area contributed by atoms with Crippen molar-refractivity contribution in [2.24, 2.45) is 11.8 Å². The lowest BCUT2D eigenvalue weighted by Gasteiger charge is -2.33. The summed E-state index contributed by atoms with van der Waals surface area (Å²) >= 11 is 0. The molecule has 1 heterocycles. The van der Waals surface area contributed by atoms with Gasteiger partial charge in [-0.25, -0.2) is 0 Å². The van der Waals surface area contributed by atoms with Gasteiger partial charge in [0.2, 0.25) is 0 Å². The lowest BCUT2D eigenvalue weighted by molar-refractivity contribution is 0.198. The minimum atomic E-state index is 0.401. The smallest absolute Gasteiger partial charge is 0.121 e. The molecule has 1 aromatic heterocycles. The molecule has 1 aliphatic rings.